The number of benzene rings is 1. The van der Waals surface area contributed by atoms with Crippen molar-refractivity contribution in [3.8, 4) is 5.82 Å². The Kier molecular flexibility index (Phi) is 4.28. The Hall–Kier alpha value is -2.60. The zero-order chi connectivity index (χ0) is 17.2. The molecule has 6 heteroatoms. The zero-order valence-electron chi connectivity index (χ0n) is 13.6. The van der Waals surface area contributed by atoms with Crippen LogP contribution in [0.4, 0.5) is 8.78 Å². The number of pyridine rings is 1. The second-order valence-corrected chi connectivity index (χ2v) is 6.27. The summed E-state index contributed by atoms with van der Waals surface area (Å²) in [4.78, 5) is 11.1. The molecule has 1 aliphatic rings. The number of likely N-dealkylation sites (tertiary alicyclic amines) is 1. The highest BCUT2D eigenvalue weighted by Gasteiger charge is 2.27. The molecular weight excluding hydrogens is 322 g/mol. The molecule has 3 aromatic rings. The first-order valence-corrected chi connectivity index (χ1v) is 8.34. The zero-order valence-corrected chi connectivity index (χ0v) is 13.6. The highest BCUT2D eigenvalue weighted by Crippen LogP contribution is 2.32. The molecule has 4 nitrogen and oxygen atoms in total. The summed E-state index contributed by atoms with van der Waals surface area (Å²) in [6, 6.07) is 10.2. The van der Waals surface area contributed by atoms with Crippen molar-refractivity contribution >= 4 is 0 Å². The van der Waals surface area contributed by atoms with Gasteiger partial charge in [-0.1, -0.05) is 12.1 Å². The van der Waals surface area contributed by atoms with E-state index in [1.807, 2.05) is 29.0 Å². The first-order chi connectivity index (χ1) is 12.2. The van der Waals surface area contributed by atoms with Crippen LogP contribution in [0.2, 0.25) is 0 Å². The summed E-state index contributed by atoms with van der Waals surface area (Å²) in [5, 5.41) is 0. The van der Waals surface area contributed by atoms with E-state index in [0.717, 1.165) is 36.5 Å². The van der Waals surface area contributed by atoms with Gasteiger partial charge < -0.3 is 0 Å². The third-order valence-electron chi connectivity index (χ3n) is 4.60. The van der Waals surface area contributed by atoms with Gasteiger partial charge in [-0.05, 0) is 49.2 Å². The summed E-state index contributed by atoms with van der Waals surface area (Å²) in [5.74, 6) is -0.778. The maximum Gasteiger partial charge on any atom is 0.159 e. The number of hydrogen-bond acceptors (Lipinski definition) is 3. The third-order valence-corrected chi connectivity index (χ3v) is 4.60. The van der Waals surface area contributed by atoms with Crippen molar-refractivity contribution in [1.82, 2.24) is 19.4 Å². The molecule has 0 N–H and O–H groups in total. The fourth-order valence-corrected chi connectivity index (χ4v) is 3.39. The van der Waals surface area contributed by atoms with Gasteiger partial charge in [0.15, 0.2) is 11.6 Å². The third kappa shape index (κ3) is 3.30. The van der Waals surface area contributed by atoms with Gasteiger partial charge in [-0.25, -0.2) is 18.7 Å². The van der Waals surface area contributed by atoms with Crippen LogP contribution in [0.25, 0.3) is 5.82 Å². The molecule has 3 heterocycles. The quantitative estimate of drug-likeness (QED) is 0.723. The summed E-state index contributed by atoms with van der Waals surface area (Å²) in [6.07, 6.45) is 7.37. The molecule has 1 aromatic carbocycles. The molecule has 0 bridgehead atoms. The minimum Gasteiger partial charge on any atom is -0.291 e. The number of hydrogen-bond donors (Lipinski definition) is 0. The van der Waals surface area contributed by atoms with E-state index in [9.17, 15) is 8.78 Å². The fraction of sp³-hybridized carbons (Fsp3) is 0.263. The predicted octanol–water partition coefficient (Wildman–Crippen LogP) is 3.88. The highest BCUT2D eigenvalue weighted by molar-refractivity contribution is 5.26. The van der Waals surface area contributed by atoms with Gasteiger partial charge in [0.2, 0.25) is 0 Å². The molecule has 0 aliphatic carbocycles. The molecule has 1 atom stereocenters. The van der Waals surface area contributed by atoms with Crippen molar-refractivity contribution in [2.75, 3.05) is 6.54 Å². The van der Waals surface area contributed by atoms with Gasteiger partial charge in [-0.15, -0.1) is 0 Å². The predicted molar refractivity (Wildman–Crippen MR) is 90.1 cm³/mol. The maximum absolute atomic E-state index is 13.5. The van der Waals surface area contributed by atoms with Crippen molar-refractivity contribution in [2.24, 2.45) is 0 Å². The van der Waals surface area contributed by atoms with Crippen LogP contribution in [0.15, 0.2) is 55.1 Å². The molecule has 4 rings (SSSR count). The SMILES string of the molecule is Fc1ccc(CN2CCC[C@H]2c2cccc(-n3ccnc3)n2)cc1F. The molecule has 0 saturated carbocycles. The minimum absolute atomic E-state index is 0.177. The van der Waals surface area contributed by atoms with Crippen LogP contribution in [0.5, 0.6) is 0 Å². The second-order valence-electron chi connectivity index (χ2n) is 6.27. The normalized spacial score (nSPS) is 17.9. The monoisotopic (exact) mass is 340 g/mol. The van der Waals surface area contributed by atoms with E-state index in [-0.39, 0.29) is 6.04 Å². The Morgan fingerprint density at radius 2 is 2.04 bits per heavy atom. The number of aromatic nitrogens is 3. The topological polar surface area (TPSA) is 34.0 Å². The van der Waals surface area contributed by atoms with Crippen molar-refractivity contribution < 1.29 is 8.78 Å². The van der Waals surface area contributed by atoms with Crippen molar-refractivity contribution in [1.29, 1.82) is 0 Å². The van der Waals surface area contributed by atoms with Gasteiger partial charge in [0.1, 0.15) is 12.1 Å². The van der Waals surface area contributed by atoms with Gasteiger partial charge in [0.05, 0.1) is 11.7 Å². The Bertz CT molecular complexity index is 864. The summed E-state index contributed by atoms with van der Waals surface area (Å²) >= 11 is 0. The van der Waals surface area contributed by atoms with E-state index in [2.05, 4.69) is 9.88 Å². The largest absolute Gasteiger partial charge is 0.291 e. The summed E-state index contributed by atoms with van der Waals surface area (Å²) < 4.78 is 28.5. The van der Waals surface area contributed by atoms with Crippen LogP contribution >= 0.6 is 0 Å². The van der Waals surface area contributed by atoms with Crippen LogP contribution in [0, 0.1) is 11.6 Å². The first kappa shape index (κ1) is 15.9. The average Bonchev–Trinajstić information content (AvgIpc) is 3.30. The van der Waals surface area contributed by atoms with E-state index in [0.29, 0.717) is 6.54 Å². The summed E-state index contributed by atoms with van der Waals surface area (Å²) in [6.45, 7) is 1.50. The number of imidazole rings is 1. The molecule has 0 spiro atoms. The molecule has 0 radical (unpaired) electrons. The van der Waals surface area contributed by atoms with Gasteiger partial charge in [-0.2, -0.15) is 0 Å². The molecule has 0 unspecified atom stereocenters. The lowest BCUT2D eigenvalue weighted by Gasteiger charge is -2.24. The molecule has 1 aliphatic heterocycles. The van der Waals surface area contributed by atoms with Crippen molar-refractivity contribution in [3.05, 3.63) is 78.0 Å². The number of nitrogens with zero attached hydrogens (tertiary/aromatic N) is 4. The van der Waals surface area contributed by atoms with Gasteiger partial charge in [0, 0.05) is 18.9 Å². The lowest BCUT2D eigenvalue weighted by atomic mass is 10.1. The van der Waals surface area contributed by atoms with Crippen LogP contribution in [0.3, 0.4) is 0 Å². The summed E-state index contributed by atoms with van der Waals surface area (Å²) in [7, 11) is 0. The Labute approximate surface area is 144 Å². The molecular formula is C19H18F2N4. The van der Waals surface area contributed by atoms with Crippen molar-refractivity contribution in [2.45, 2.75) is 25.4 Å². The van der Waals surface area contributed by atoms with Crippen molar-refractivity contribution in [3.63, 3.8) is 0 Å². The molecule has 1 fully saturated rings. The van der Waals surface area contributed by atoms with E-state index >= 15 is 0 Å². The van der Waals surface area contributed by atoms with Gasteiger partial charge in [-0.3, -0.25) is 9.47 Å². The highest BCUT2D eigenvalue weighted by atomic mass is 19.2. The maximum atomic E-state index is 13.5. The smallest absolute Gasteiger partial charge is 0.159 e. The molecule has 25 heavy (non-hydrogen) atoms. The molecule has 1 saturated heterocycles. The van der Waals surface area contributed by atoms with E-state index in [1.165, 1.54) is 12.1 Å². The van der Waals surface area contributed by atoms with Crippen LogP contribution in [-0.2, 0) is 6.54 Å². The van der Waals surface area contributed by atoms with Crippen LogP contribution in [-0.4, -0.2) is 26.0 Å². The lowest BCUT2D eigenvalue weighted by Crippen LogP contribution is -2.23. The van der Waals surface area contributed by atoms with Gasteiger partial charge in [0.25, 0.3) is 0 Å². The lowest BCUT2D eigenvalue weighted by molar-refractivity contribution is 0.244. The van der Waals surface area contributed by atoms with Gasteiger partial charge >= 0.3 is 0 Å². The minimum atomic E-state index is -0.809. The van der Waals surface area contributed by atoms with Crippen LogP contribution in [0.1, 0.15) is 30.1 Å². The van der Waals surface area contributed by atoms with E-state index in [4.69, 9.17) is 4.98 Å². The van der Waals surface area contributed by atoms with E-state index < -0.39 is 11.6 Å². The Balaban J connectivity index is 1.57. The summed E-state index contributed by atoms with van der Waals surface area (Å²) in [5.41, 5.74) is 1.77. The molecule has 0 amide bonds. The second kappa shape index (κ2) is 6.72. The Morgan fingerprint density at radius 1 is 1.12 bits per heavy atom. The van der Waals surface area contributed by atoms with E-state index in [1.54, 1.807) is 18.6 Å². The first-order valence-electron chi connectivity index (χ1n) is 8.34. The standard InChI is InChI=1S/C19H18F2N4/c20-15-7-6-14(11-16(15)21)12-24-9-2-4-18(24)17-3-1-5-19(23-17)25-10-8-22-13-25/h1,3,5-8,10-11,13,18H,2,4,9,12H2/t18-/m0/s1. The molecule has 2 aromatic heterocycles. The van der Waals surface area contributed by atoms with Crippen LogP contribution < -0.4 is 0 Å². The Morgan fingerprint density at radius 3 is 2.84 bits per heavy atom. The molecule has 128 valence electrons. The number of rotatable bonds is 4. The number of halogens is 2. The fourth-order valence-electron chi connectivity index (χ4n) is 3.39. The average molecular weight is 340 g/mol.